The standard InChI is InChI=1S/C12H18N2O2S/c1-7-3-4-9(5-7)6-13-11-10(12(15)16)8(2)14-17-11/h7,9,13H,3-6H2,1-2H3,(H,15,16). The first-order valence-electron chi connectivity index (χ1n) is 6.01. The van der Waals surface area contributed by atoms with Gasteiger partial charge in [0.15, 0.2) is 0 Å². The average molecular weight is 254 g/mol. The van der Waals surface area contributed by atoms with E-state index in [1.165, 1.54) is 30.8 Å². The number of rotatable bonds is 4. The fourth-order valence-electron chi connectivity index (χ4n) is 2.49. The zero-order chi connectivity index (χ0) is 12.4. The van der Waals surface area contributed by atoms with Crippen LogP contribution in [0.1, 0.15) is 42.2 Å². The highest BCUT2D eigenvalue weighted by atomic mass is 32.1. The topological polar surface area (TPSA) is 62.2 Å². The second-order valence-corrected chi connectivity index (χ2v) is 5.72. The molecule has 2 atom stereocenters. The first-order chi connectivity index (χ1) is 8.08. The van der Waals surface area contributed by atoms with Crippen LogP contribution in [-0.2, 0) is 0 Å². The second-order valence-electron chi connectivity index (χ2n) is 4.94. The molecule has 1 aromatic heterocycles. The Labute approximate surface area is 105 Å². The molecule has 0 spiro atoms. The Morgan fingerprint density at radius 3 is 2.94 bits per heavy atom. The molecule has 5 heteroatoms. The van der Waals surface area contributed by atoms with Gasteiger partial charge in [-0.1, -0.05) is 13.3 Å². The van der Waals surface area contributed by atoms with E-state index in [1.807, 2.05) is 0 Å². The van der Waals surface area contributed by atoms with Gasteiger partial charge in [0.2, 0.25) is 0 Å². The van der Waals surface area contributed by atoms with Crippen molar-refractivity contribution in [1.82, 2.24) is 4.37 Å². The third-order valence-corrected chi connectivity index (χ3v) is 4.33. The van der Waals surface area contributed by atoms with E-state index in [0.29, 0.717) is 22.2 Å². The zero-order valence-corrected chi connectivity index (χ0v) is 11.0. The zero-order valence-electron chi connectivity index (χ0n) is 10.2. The summed E-state index contributed by atoms with van der Waals surface area (Å²) >= 11 is 1.25. The molecule has 2 rings (SSSR count). The largest absolute Gasteiger partial charge is 0.478 e. The van der Waals surface area contributed by atoms with Crippen molar-refractivity contribution in [2.45, 2.75) is 33.1 Å². The molecule has 1 aromatic rings. The fourth-order valence-corrected chi connectivity index (χ4v) is 3.28. The molecule has 0 bridgehead atoms. The maximum absolute atomic E-state index is 11.1. The van der Waals surface area contributed by atoms with Gasteiger partial charge in [-0.05, 0) is 43.1 Å². The quantitative estimate of drug-likeness (QED) is 0.867. The van der Waals surface area contributed by atoms with Gasteiger partial charge in [-0.2, -0.15) is 4.37 Å². The van der Waals surface area contributed by atoms with E-state index < -0.39 is 5.97 Å². The van der Waals surface area contributed by atoms with E-state index >= 15 is 0 Å². The summed E-state index contributed by atoms with van der Waals surface area (Å²) in [7, 11) is 0. The molecule has 2 unspecified atom stereocenters. The lowest BCUT2D eigenvalue weighted by Gasteiger charge is -2.11. The molecule has 1 aliphatic rings. The van der Waals surface area contributed by atoms with Gasteiger partial charge in [0.1, 0.15) is 10.6 Å². The van der Waals surface area contributed by atoms with Crippen molar-refractivity contribution < 1.29 is 9.90 Å². The van der Waals surface area contributed by atoms with Crippen LogP contribution in [0.25, 0.3) is 0 Å². The predicted octanol–water partition coefficient (Wildman–Crippen LogP) is 3.00. The summed E-state index contributed by atoms with van der Waals surface area (Å²) in [4.78, 5) is 11.1. The molecule has 1 fully saturated rings. The Morgan fingerprint density at radius 1 is 1.59 bits per heavy atom. The summed E-state index contributed by atoms with van der Waals surface area (Å²) in [6.07, 6.45) is 3.78. The van der Waals surface area contributed by atoms with Crippen LogP contribution in [0.2, 0.25) is 0 Å². The lowest BCUT2D eigenvalue weighted by atomic mass is 10.1. The molecule has 0 radical (unpaired) electrons. The van der Waals surface area contributed by atoms with E-state index in [1.54, 1.807) is 6.92 Å². The molecule has 0 amide bonds. The number of nitrogens with one attached hydrogen (secondary N) is 1. The Kier molecular flexibility index (Phi) is 3.66. The van der Waals surface area contributed by atoms with Crippen molar-refractivity contribution in [2.75, 3.05) is 11.9 Å². The predicted molar refractivity (Wildman–Crippen MR) is 68.8 cm³/mol. The summed E-state index contributed by atoms with van der Waals surface area (Å²) in [6.45, 7) is 4.88. The van der Waals surface area contributed by atoms with Crippen LogP contribution in [0.4, 0.5) is 5.00 Å². The van der Waals surface area contributed by atoms with Crippen LogP contribution >= 0.6 is 11.5 Å². The van der Waals surface area contributed by atoms with Crippen LogP contribution in [0.5, 0.6) is 0 Å². The SMILES string of the molecule is Cc1nsc(NCC2CCC(C)C2)c1C(=O)O. The normalized spacial score (nSPS) is 23.9. The number of carboxylic acids is 1. The van der Waals surface area contributed by atoms with Crippen molar-refractivity contribution in [3.8, 4) is 0 Å². The third-order valence-electron chi connectivity index (χ3n) is 3.43. The molecule has 4 nitrogen and oxygen atoms in total. The molecular formula is C12H18N2O2S. The number of anilines is 1. The van der Waals surface area contributed by atoms with Crippen LogP contribution in [0.3, 0.4) is 0 Å². The highest BCUT2D eigenvalue weighted by molar-refractivity contribution is 7.10. The van der Waals surface area contributed by atoms with Crippen LogP contribution in [-0.4, -0.2) is 22.0 Å². The van der Waals surface area contributed by atoms with E-state index in [0.717, 1.165) is 12.5 Å². The molecule has 0 saturated heterocycles. The first-order valence-corrected chi connectivity index (χ1v) is 6.78. The maximum atomic E-state index is 11.1. The highest BCUT2D eigenvalue weighted by Gasteiger charge is 2.23. The molecule has 94 valence electrons. The average Bonchev–Trinajstić information content (AvgIpc) is 2.82. The lowest BCUT2D eigenvalue weighted by molar-refractivity contribution is 0.0697. The van der Waals surface area contributed by atoms with E-state index in [-0.39, 0.29) is 0 Å². The number of aromatic carboxylic acids is 1. The van der Waals surface area contributed by atoms with Gasteiger partial charge in [-0.15, -0.1) is 0 Å². The van der Waals surface area contributed by atoms with Gasteiger partial charge in [0.25, 0.3) is 0 Å². The Morgan fingerprint density at radius 2 is 2.35 bits per heavy atom. The Bertz CT molecular complexity index is 417. The Balaban J connectivity index is 1.97. The van der Waals surface area contributed by atoms with Crippen molar-refractivity contribution >= 4 is 22.5 Å². The minimum Gasteiger partial charge on any atom is -0.478 e. The van der Waals surface area contributed by atoms with E-state index in [9.17, 15) is 4.79 Å². The number of hydrogen-bond donors (Lipinski definition) is 2. The molecule has 0 aromatic carbocycles. The number of carbonyl (C=O) groups is 1. The maximum Gasteiger partial charge on any atom is 0.340 e. The van der Waals surface area contributed by atoms with Gasteiger partial charge in [-0.3, -0.25) is 0 Å². The number of nitrogens with zero attached hydrogens (tertiary/aromatic N) is 1. The van der Waals surface area contributed by atoms with E-state index in [2.05, 4.69) is 16.6 Å². The van der Waals surface area contributed by atoms with Gasteiger partial charge >= 0.3 is 5.97 Å². The summed E-state index contributed by atoms with van der Waals surface area (Å²) in [6, 6.07) is 0. The van der Waals surface area contributed by atoms with Crippen LogP contribution in [0, 0.1) is 18.8 Å². The number of aryl methyl sites for hydroxylation is 1. The van der Waals surface area contributed by atoms with Crippen LogP contribution < -0.4 is 5.32 Å². The molecule has 1 saturated carbocycles. The second kappa shape index (κ2) is 5.04. The highest BCUT2D eigenvalue weighted by Crippen LogP contribution is 2.31. The summed E-state index contributed by atoms with van der Waals surface area (Å²) in [5.74, 6) is 0.594. The monoisotopic (exact) mass is 254 g/mol. The lowest BCUT2D eigenvalue weighted by Crippen LogP contribution is -2.12. The Hall–Kier alpha value is -1.10. The molecular weight excluding hydrogens is 236 g/mol. The molecule has 17 heavy (non-hydrogen) atoms. The number of aromatic nitrogens is 1. The summed E-state index contributed by atoms with van der Waals surface area (Å²) in [5.41, 5.74) is 0.936. The molecule has 2 N–H and O–H groups in total. The molecule has 1 aliphatic carbocycles. The fraction of sp³-hybridized carbons (Fsp3) is 0.667. The van der Waals surface area contributed by atoms with Crippen molar-refractivity contribution in [2.24, 2.45) is 11.8 Å². The van der Waals surface area contributed by atoms with Crippen molar-refractivity contribution in [3.63, 3.8) is 0 Å². The van der Waals surface area contributed by atoms with E-state index in [4.69, 9.17) is 5.11 Å². The van der Waals surface area contributed by atoms with Gasteiger partial charge in [-0.25, -0.2) is 4.79 Å². The number of hydrogen-bond acceptors (Lipinski definition) is 4. The summed E-state index contributed by atoms with van der Waals surface area (Å²) in [5, 5.41) is 13.1. The number of carboxylic acid groups (broad SMARTS) is 1. The van der Waals surface area contributed by atoms with Crippen LogP contribution in [0.15, 0.2) is 0 Å². The van der Waals surface area contributed by atoms with Gasteiger partial charge < -0.3 is 10.4 Å². The van der Waals surface area contributed by atoms with Gasteiger partial charge in [0, 0.05) is 6.54 Å². The first kappa shape index (κ1) is 12.4. The third kappa shape index (κ3) is 2.77. The van der Waals surface area contributed by atoms with Crippen molar-refractivity contribution in [1.29, 1.82) is 0 Å². The minimum atomic E-state index is -0.890. The minimum absolute atomic E-state index is 0.334. The molecule has 1 heterocycles. The summed E-state index contributed by atoms with van der Waals surface area (Å²) < 4.78 is 4.10. The smallest absolute Gasteiger partial charge is 0.340 e. The van der Waals surface area contributed by atoms with Gasteiger partial charge in [0.05, 0.1) is 5.69 Å². The van der Waals surface area contributed by atoms with Crippen molar-refractivity contribution in [3.05, 3.63) is 11.3 Å². The molecule has 0 aliphatic heterocycles.